The van der Waals surface area contributed by atoms with E-state index < -0.39 is 0 Å². The molecular weight excluding hydrogens is 136 g/mol. The van der Waals surface area contributed by atoms with Crippen LogP contribution in [0.4, 0.5) is 0 Å². The third-order valence-electron chi connectivity index (χ3n) is 1.26. The maximum absolute atomic E-state index is 9.75. The zero-order valence-corrected chi connectivity index (χ0v) is 7.05. The molecule has 1 radical (unpaired) electrons. The van der Waals surface area contributed by atoms with Crippen molar-refractivity contribution in [2.75, 3.05) is 0 Å². The summed E-state index contributed by atoms with van der Waals surface area (Å²) in [5, 5.41) is 0. The molecule has 0 aromatic carbocycles. The molecule has 0 unspecified atom stereocenters. The zero-order chi connectivity index (χ0) is 8.36. The average molecular weight is 151 g/mol. The highest BCUT2D eigenvalue weighted by Gasteiger charge is 1.74. The second-order valence-corrected chi connectivity index (χ2v) is 2.32. The number of unbranched alkanes of at least 4 members (excludes halogenated alkanes) is 1. The Hall–Kier alpha value is -0.850. The van der Waals surface area contributed by atoms with Crippen molar-refractivity contribution in [3.05, 3.63) is 24.3 Å². The fourth-order valence-electron chi connectivity index (χ4n) is 0.687. The molecule has 0 fully saturated rings. The molecule has 0 aliphatic heterocycles. The summed E-state index contributed by atoms with van der Waals surface area (Å²) in [6.45, 7) is 2.15. The van der Waals surface area contributed by atoms with E-state index >= 15 is 0 Å². The summed E-state index contributed by atoms with van der Waals surface area (Å²) in [5.74, 6) is 0. The maximum atomic E-state index is 9.75. The number of rotatable bonds is 6. The molecule has 0 aliphatic rings. The van der Waals surface area contributed by atoms with Crippen LogP contribution >= 0.6 is 0 Å². The van der Waals surface area contributed by atoms with Crippen LogP contribution in [0.3, 0.4) is 0 Å². The highest BCUT2D eigenvalue weighted by Crippen LogP contribution is 1.92. The van der Waals surface area contributed by atoms with Gasteiger partial charge in [-0.15, -0.1) is 0 Å². The number of carbonyl (C=O) groups excluding carboxylic acids is 1. The van der Waals surface area contributed by atoms with Crippen LogP contribution in [-0.4, -0.2) is 6.29 Å². The van der Waals surface area contributed by atoms with E-state index in [-0.39, 0.29) is 0 Å². The highest BCUT2D eigenvalue weighted by molar-refractivity contribution is 5.52. The molecule has 0 saturated heterocycles. The van der Waals surface area contributed by atoms with Crippen molar-refractivity contribution in [3.8, 4) is 0 Å². The van der Waals surface area contributed by atoms with Crippen LogP contribution in [0.2, 0.25) is 0 Å². The van der Waals surface area contributed by atoms with Gasteiger partial charge in [0.15, 0.2) is 0 Å². The fraction of sp³-hybridized carbons (Fsp3) is 0.500. The van der Waals surface area contributed by atoms with Gasteiger partial charge in [-0.05, 0) is 12.8 Å². The first-order chi connectivity index (χ1) is 5.41. The molecule has 0 rings (SSSR count). The number of hydrogen-bond donors (Lipinski definition) is 0. The Morgan fingerprint density at radius 3 is 2.55 bits per heavy atom. The van der Waals surface area contributed by atoms with Crippen molar-refractivity contribution in [1.29, 1.82) is 0 Å². The minimum absolute atomic E-state index is 0.418. The Labute approximate surface area is 68.8 Å². The lowest BCUT2D eigenvalue weighted by Gasteiger charge is -1.82. The molecule has 11 heavy (non-hydrogen) atoms. The molecule has 0 saturated carbocycles. The van der Waals surface area contributed by atoms with Crippen LogP contribution in [0.5, 0.6) is 0 Å². The summed E-state index contributed by atoms with van der Waals surface area (Å²) < 4.78 is 0. The van der Waals surface area contributed by atoms with Crippen molar-refractivity contribution < 1.29 is 4.79 Å². The molecule has 0 heterocycles. The van der Waals surface area contributed by atoms with E-state index in [4.69, 9.17) is 0 Å². The molecule has 0 amide bonds. The van der Waals surface area contributed by atoms with Gasteiger partial charge in [0, 0.05) is 6.42 Å². The van der Waals surface area contributed by atoms with E-state index in [2.05, 4.69) is 19.1 Å². The molecule has 1 nitrogen and oxygen atoms in total. The van der Waals surface area contributed by atoms with Gasteiger partial charge >= 0.3 is 0 Å². The van der Waals surface area contributed by atoms with Gasteiger partial charge in [0.25, 0.3) is 0 Å². The van der Waals surface area contributed by atoms with Gasteiger partial charge in [-0.3, -0.25) is 4.79 Å². The first-order valence-corrected chi connectivity index (χ1v) is 4.06. The van der Waals surface area contributed by atoms with Crippen LogP contribution in [0, 0.1) is 0 Å². The molecular formula is C10H15O. The fourth-order valence-corrected chi connectivity index (χ4v) is 0.687. The molecule has 0 spiro atoms. The molecule has 0 aliphatic carbocycles. The summed E-state index contributed by atoms with van der Waals surface area (Å²) >= 11 is 0. The Morgan fingerprint density at radius 2 is 1.91 bits per heavy atom. The number of hydrogen-bond acceptors (Lipinski definition) is 1. The van der Waals surface area contributed by atoms with Crippen molar-refractivity contribution in [2.45, 2.75) is 32.6 Å². The van der Waals surface area contributed by atoms with Crippen LogP contribution in [0.25, 0.3) is 0 Å². The van der Waals surface area contributed by atoms with Crippen LogP contribution in [0.1, 0.15) is 32.6 Å². The van der Waals surface area contributed by atoms with Crippen molar-refractivity contribution in [3.63, 3.8) is 0 Å². The van der Waals surface area contributed by atoms with Crippen molar-refractivity contribution in [1.82, 2.24) is 0 Å². The Bertz CT molecular complexity index is 134. The maximum Gasteiger partial charge on any atom is 0.202 e. The van der Waals surface area contributed by atoms with Crippen molar-refractivity contribution >= 4 is 6.29 Å². The normalized spacial score (nSPS) is 11.4. The Morgan fingerprint density at radius 1 is 1.18 bits per heavy atom. The SMILES string of the molecule is CCCC=CCC=CC[C]=O. The summed E-state index contributed by atoms with van der Waals surface area (Å²) in [6.07, 6.45) is 13.6. The lowest BCUT2D eigenvalue weighted by atomic mass is 10.2. The second-order valence-electron chi connectivity index (χ2n) is 2.32. The minimum atomic E-state index is 0.418. The van der Waals surface area contributed by atoms with Gasteiger partial charge in [-0.1, -0.05) is 37.6 Å². The lowest BCUT2D eigenvalue weighted by Crippen LogP contribution is -1.66. The van der Waals surface area contributed by atoms with Crippen LogP contribution < -0.4 is 0 Å². The predicted octanol–water partition coefficient (Wildman–Crippen LogP) is 2.79. The van der Waals surface area contributed by atoms with Gasteiger partial charge in [0.2, 0.25) is 6.29 Å². The first-order valence-electron chi connectivity index (χ1n) is 4.06. The molecule has 0 atom stereocenters. The van der Waals surface area contributed by atoms with E-state index in [1.54, 1.807) is 0 Å². The third kappa shape index (κ3) is 9.15. The quantitative estimate of drug-likeness (QED) is 0.533. The summed E-state index contributed by atoms with van der Waals surface area (Å²) in [4.78, 5) is 9.75. The topological polar surface area (TPSA) is 17.1 Å². The minimum Gasteiger partial charge on any atom is -0.291 e. The Balaban J connectivity index is 3.17. The van der Waals surface area contributed by atoms with Crippen LogP contribution in [-0.2, 0) is 4.79 Å². The van der Waals surface area contributed by atoms with E-state index in [1.807, 2.05) is 18.4 Å². The second kappa shape index (κ2) is 9.15. The van der Waals surface area contributed by atoms with Gasteiger partial charge in [0.1, 0.15) is 0 Å². The first kappa shape index (κ1) is 10.2. The Kier molecular flexibility index (Phi) is 8.44. The van der Waals surface area contributed by atoms with E-state index in [0.717, 1.165) is 12.8 Å². The average Bonchev–Trinajstić information content (AvgIpc) is 2.03. The van der Waals surface area contributed by atoms with Gasteiger partial charge in [-0.25, -0.2) is 0 Å². The summed E-state index contributed by atoms with van der Waals surface area (Å²) in [5.41, 5.74) is 0. The molecule has 0 aromatic rings. The largest absolute Gasteiger partial charge is 0.291 e. The molecule has 0 N–H and O–H groups in total. The summed E-state index contributed by atoms with van der Waals surface area (Å²) in [6, 6.07) is 0. The molecule has 61 valence electrons. The van der Waals surface area contributed by atoms with E-state index in [9.17, 15) is 4.79 Å². The smallest absolute Gasteiger partial charge is 0.202 e. The molecule has 0 bridgehead atoms. The molecule has 1 heteroatoms. The van der Waals surface area contributed by atoms with Gasteiger partial charge < -0.3 is 0 Å². The van der Waals surface area contributed by atoms with Gasteiger partial charge in [-0.2, -0.15) is 0 Å². The molecule has 0 aromatic heterocycles. The number of allylic oxidation sites excluding steroid dienone is 4. The highest BCUT2D eigenvalue weighted by atomic mass is 16.1. The zero-order valence-electron chi connectivity index (χ0n) is 7.05. The lowest BCUT2D eigenvalue weighted by molar-refractivity contribution is 0.556. The van der Waals surface area contributed by atoms with Crippen molar-refractivity contribution in [2.24, 2.45) is 0 Å². The van der Waals surface area contributed by atoms with E-state index in [1.165, 1.54) is 6.42 Å². The monoisotopic (exact) mass is 151 g/mol. The summed E-state index contributed by atoms with van der Waals surface area (Å²) in [7, 11) is 0. The third-order valence-corrected chi connectivity index (χ3v) is 1.26. The predicted molar refractivity (Wildman–Crippen MR) is 48.1 cm³/mol. The van der Waals surface area contributed by atoms with E-state index in [0.29, 0.717) is 6.42 Å². The van der Waals surface area contributed by atoms with Gasteiger partial charge in [0.05, 0.1) is 0 Å². The van der Waals surface area contributed by atoms with Crippen LogP contribution in [0.15, 0.2) is 24.3 Å². The standard InChI is InChI=1S/C10H15O/c1-2-3-4-5-6-7-8-9-10-11/h4-5,7-8H,2-3,6,9H2,1H3.